The minimum Gasteiger partial charge on any atom is -0.486 e. The fourth-order valence-corrected chi connectivity index (χ4v) is 5.03. The minimum atomic E-state index is -3.90. The Morgan fingerprint density at radius 2 is 1.79 bits per heavy atom. The van der Waals surface area contributed by atoms with E-state index >= 15 is 0 Å². The standard InChI is InChI=1S/C19H19FN2O5S/c20-13-3-6-15(7-4-13)28(24,25)22-9-1-2-16(22)19(23)21-14-5-8-17-18(12-14)27-11-10-26-17/h3-8,12,16H,1-2,9-11H2,(H,21,23)/t16-/m1/s1. The molecule has 1 atom stereocenters. The van der Waals surface area contributed by atoms with E-state index in [-0.39, 0.29) is 11.4 Å². The lowest BCUT2D eigenvalue weighted by Crippen LogP contribution is -2.43. The number of nitrogens with one attached hydrogen (secondary N) is 1. The number of anilines is 1. The summed E-state index contributed by atoms with van der Waals surface area (Å²) in [7, 11) is -3.90. The maximum absolute atomic E-state index is 13.1. The fourth-order valence-electron chi connectivity index (χ4n) is 3.38. The number of carbonyl (C=O) groups excluding carboxylic acids is 1. The molecule has 1 saturated heterocycles. The Morgan fingerprint density at radius 3 is 2.54 bits per heavy atom. The Bertz CT molecular complexity index is 994. The molecule has 2 aliphatic rings. The summed E-state index contributed by atoms with van der Waals surface area (Å²) >= 11 is 0. The molecule has 7 nitrogen and oxygen atoms in total. The zero-order chi connectivity index (χ0) is 19.7. The quantitative estimate of drug-likeness (QED) is 0.843. The number of carbonyl (C=O) groups is 1. The molecule has 1 fully saturated rings. The topological polar surface area (TPSA) is 84.9 Å². The van der Waals surface area contributed by atoms with Crippen molar-refractivity contribution in [2.75, 3.05) is 25.1 Å². The number of nitrogens with zero attached hydrogens (tertiary/aromatic N) is 1. The Balaban J connectivity index is 1.53. The second-order valence-corrected chi connectivity index (χ2v) is 8.47. The van der Waals surface area contributed by atoms with Crippen LogP contribution in [0.4, 0.5) is 10.1 Å². The molecule has 0 bridgehead atoms. The summed E-state index contributed by atoms with van der Waals surface area (Å²) in [5.41, 5.74) is 0.500. The summed E-state index contributed by atoms with van der Waals surface area (Å²) in [6, 6.07) is 8.80. The highest BCUT2D eigenvalue weighted by molar-refractivity contribution is 7.89. The van der Waals surface area contributed by atoms with Gasteiger partial charge in [-0.25, -0.2) is 12.8 Å². The maximum Gasteiger partial charge on any atom is 0.243 e. The van der Waals surface area contributed by atoms with Gasteiger partial charge in [-0.2, -0.15) is 4.31 Å². The number of benzene rings is 2. The van der Waals surface area contributed by atoms with Crippen LogP contribution >= 0.6 is 0 Å². The summed E-state index contributed by atoms with van der Waals surface area (Å²) in [5, 5.41) is 2.76. The molecule has 1 N–H and O–H groups in total. The lowest BCUT2D eigenvalue weighted by molar-refractivity contribution is -0.119. The van der Waals surface area contributed by atoms with Gasteiger partial charge in [-0.05, 0) is 49.2 Å². The van der Waals surface area contributed by atoms with Gasteiger partial charge in [0.05, 0.1) is 4.90 Å². The van der Waals surface area contributed by atoms with Gasteiger partial charge < -0.3 is 14.8 Å². The van der Waals surface area contributed by atoms with Gasteiger partial charge in [0.2, 0.25) is 15.9 Å². The van der Waals surface area contributed by atoms with Crippen molar-refractivity contribution in [1.29, 1.82) is 0 Å². The second kappa shape index (κ2) is 7.40. The Labute approximate surface area is 162 Å². The van der Waals surface area contributed by atoms with Crippen LogP contribution < -0.4 is 14.8 Å². The summed E-state index contributed by atoms with van der Waals surface area (Å²) < 4.78 is 51.0. The molecular weight excluding hydrogens is 387 g/mol. The van der Waals surface area contributed by atoms with E-state index in [1.54, 1.807) is 18.2 Å². The van der Waals surface area contributed by atoms with Crippen LogP contribution in [0.5, 0.6) is 11.5 Å². The average Bonchev–Trinajstić information content (AvgIpc) is 3.19. The van der Waals surface area contributed by atoms with Crippen molar-refractivity contribution in [3.05, 3.63) is 48.3 Å². The number of amides is 1. The molecule has 0 saturated carbocycles. The van der Waals surface area contributed by atoms with E-state index in [9.17, 15) is 17.6 Å². The van der Waals surface area contributed by atoms with E-state index in [1.165, 1.54) is 16.4 Å². The molecule has 2 heterocycles. The lowest BCUT2D eigenvalue weighted by atomic mass is 10.2. The van der Waals surface area contributed by atoms with Crippen LogP contribution in [-0.4, -0.2) is 44.4 Å². The number of rotatable bonds is 4. The lowest BCUT2D eigenvalue weighted by Gasteiger charge is -2.24. The van der Waals surface area contributed by atoms with Gasteiger partial charge in [0, 0.05) is 18.3 Å². The molecule has 2 aromatic carbocycles. The first kappa shape index (κ1) is 18.7. The average molecular weight is 406 g/mol. The van der Waals surface area contributed by atoms with Crippen LogP contribution in [0.3, 0.4) is 0 Å². The van der Waals surface area contributed by atoms with E-state index in [0.29, 0.717) is 43.2 Å². The number of sulfonamides is 1. The number of hydrogen-bond donors (Lipinski definition) is 1. The maximum atomic E-state index is 13.1. The third kappa shape index (κ3) is 3.55. The van der Waals surface area contributed by atoms with E-state index in [2.05, 4.69) is 5.32 Å². The monoisotopic (exact) mass is 406 g/mol. The fraction of sp³-hybridized carbons (Fsp3) is 0.316. The van der Waals surface area contributed by atoms with Gasteiger partial charge in [0.1, 0.15) is 25.1 Å². The first-order valence-electron chi connectivity index (χ1n) is 8.93. The molecule has 2 aliphatic heterocycles. The molecule has 28 heavy (non-hydrogen) atoms. The third-order valence-corrected chi connectivity index (χ3v) is 6.66. The van der Waals surface area contributed by atoms with Crippen molar-refractivity contribution in [1.82, 2.24) is 4.31 Å². The molecule has 2 aromatic rings. The zero-order valence-corrected chi connectivity index (χ0v) is 15.7. The molecule has 1 amide bonds. The van der Waals surface area contributed by atoms with E-state index in [0.717, 1.165) is 12.1 Å². The van der Waals surface area contributed by atoms with Crippen molar-refractivity contribution < 1.29 is 27.1 Å². The third-order valence-electron chi connectivity index (χ3n) is 4.74. The van der Waals surface area contributed by atoms with E-state index in [1.807, 2.05) is 0 Å². The molecule has 0 unspecified atom stereocenters. The Morgan fingerprint density at radius 1 is 1.07 bits per heavy atom. The molecule has 0 spiro atoms. The number of hydrogen-bond acceptors (Lipinski definition) is 5. The number of fused-ring (bicyclic) bond motifs is 1. The van der Waals surface area contributed by atoms with Crippen LogP contribution in [0.25, 0.3) is 0 Å². The summed E-state index contributed by atoms with van der Waals surface area (Å²) in [6.07, 6.45) is 0.983. The molecule has 0 aliphatic carbocycles. The van der Waals surface area contributed by atoms with Crippen LogP contribution in [0.1, 0.15) is 12.8 Å². The second-order valence-electron chi connectivity index (χ2n) is 6.58. The smallest absolute Gasteiger partial charge is 0.243 e. The van der Waals surface area contributed by atoms with Gasteiger partial charge in [-0.3, -0.25) is 4.79 Å². The number of halogens is 1. The first-order valence-corrected chi connectivity index (χ1v) is 10.4. The van der Waals surface area contributed by atoms with Crippen LogP contribution in [0.15, 0.2) is 47.4 Å². The predicted octanol–water partition coefficient (Wildman–Crippen LogP) is 2.39. The highest BCUT2D eigenvalue weighted by Gasteiger charge is 2.39. The summed E-state index contributed by atoms with van der Waals surface area (Å²) in [6.45, 7) is 1.13. The Kier molecular flexibility index (Phi) is 4.94. The highest BCUT2D eigenvalue weighted by atomic mass is 32.2. The largest absolute Gasteiger partial charge is 0.486 e. The van der Waals surface area contributed by atoms with Crippen molar-refractivity contribution in [2.24, 2.45) is 0 Å². The van der Waals surface area contributed by atoms with Gasteiger partial charge in [-0.15, -0.1) is 0 Å². The van der Waals surface area contributed by atoms with Crippen LogP contribution in [0.2, 0.25) is 0 Å². The SMILES string of the molecule is O=C(Nc1ccc2c(c1)OCCO2)[C@H]1CCCN1S(=O)(=O)c1ccc(F)cc1. The number of ether oxygens (including phenoxy) is 2. The summed E-state index contributed by atoms with van der Waals surface area (Å²) in [4.78, 5) is 12.7. The van der Waals surface area contributed by atoms with E-state index < -0.39 is 27.8 Å². The zero-order valence-electron chi connectivity index (χ0n) is 14.9. The van der Waals surface area contributed by atoms with Gasteiger partial charge in [0.25, 0.3) is 0 Å². The normalized spacial score (nSPS) is 19.4. The minimum absolute atomic E-state index is 0.0343. The Hall–Kier alpha value is -2.65. The molecular formula is C19H19FN2O5S. The molecule has 9 heteroatoms. The van der Waals surface area contributed by atoms with Gasteiger partial charge in [0.15, 0.2) is 11.5 Å². The van der Waals surface area contributed by atoms with Crippen molar-refractivity contribution in [3.8, 4) is 11.5 Å². The first-order chi connectivity index (χ1) is 13.4. The highest BCUT2D eigenvalue weighted by Crippen LogP contribution is 2.33. The molecule has 0 aromatic heterocycles. The van der Waals surface area contributed by atoms with Gasteiger partial charge in [-0.1, -0.05) is 0 Å². The van der Waals surface area contributed by atoms with Crippen molar-refractivity contribution in [2.45, 2.75) is 23.8 Å². The molecule has 4 rings (SSSR count). The molecule has 148 valence electrons. The van der Waals surface area contributed by atoms with Crippen LogP contribution in [0, 0.1) is 5.82 Å². The van der Waals surface area contributed by atoms with Crippen LogP contribution in [-0.2, 0) is 14.8 Å². The summed E-state index contributed by atoms with van der Waals surface area (Å²) in [5.74, 6) is 0.199. The molecule has 0 radical (unpaired) electrons. The van der Waals surface area contributed by atoms with Crippen molar-refractivity contribution >= 4 is 21.6 Å². The van der Waals surface area contributed by atoms with Crippen molar-refractivity contribution in [3.63, 3.8) is 0 Å². The predicted molar refractivity (Wildman–Crippen MR) is 99.4 cm³/mol. The van der Waals surface area contributed by atoms with Gasteiger partial charge >= 0.3 is 0 Å². The van der Waals surface area contributed by atoms with E-state index in [4.69, 9.17) is 9.47 Å².